The number of carboxylic acid groups (broad SMARTS) is 1. The largest absolute Gasteiger partial charge is 0.508 e. The molecule has 32 heavy (non-hydrogen) atoms. The number of benzene rings is 2. The van der Waals surface area contributed by atoms with E-state index in [-0.39, 0.29) is 17.9 Å². The van der Waals surface area contributed by atoms with Gasteiger partial charge in [0, 0.05) is 0 Å². The van der Waals surface area contributed by atoms with Gasteiger partial charge in [0.25, 0.3) is 0 Å². The molecule has 174 valence electrons. The molecule has 0 aliphatic carbocycles. The second-order valence-electron chi connectivity index (χ2n) is 8.10. The van der Waals surface area contributed by atoms with Crippen LogP contribution in [0.15, 0.2) is 48.5 Å². The number of carbonyl (C=O) groups is 2. The van der Waals surface area contributed by atoms with Crippen LogP contribution in [0.25, 0.3) is 0 Å². The summed E-state index contributed by atoms with van der Waals surface area (Å²) < 4.78 is 0. The monoisotopic (exact) mass is 442 g/mol. The van der Waals surface area contributed by atoms with E-state index < -0.39 is 23.3 Å². The Kier molecular flexibility index (Phi) is 9.53. The fourth-order valence-electron chi connectivity index (χ4n) is 3.99. The molecular weight excluding hydrogens is 408 g/mol. The van der Waals surface area contributed by atoms with Crippen LogP contribution in [0, 0.1) is 0 Å². The maximum atomic E-state index is 13.9. The Labute approximate surface area is 189 Å². The number of carbonyl (C=O) groups excluding carboxylic acids is 1. The standard InChI is InChI=1S/C25H34N2O5/c1-2-3-5-16-25(18-8-12-20(28)13-9-18,19-10-14-21(29)15-11-19)24(32)27-22(23(30)31)7-4-6-17-26/h8-15,22,28-29H,2-7,16-17,26H2,1H3,(H,27,32)(H,30,31)/t22-/m0/s1. The molecular formula is C25H34N2O5. The van der Waals surface area contributed by atoms with Gasteiger partial charge >= 0.3 is 5.97 Å². The number of rotatable bonds is 13. The number of hydrogen-bond donors (Lipinski definition) is 5. The lowest BCUT2D eigenvalue weighted by Gasteiger charge is -2.35. The van der Waals surface area contributed by atoms with Crippen molar-refractivity contribution in [3.63, 3.8) is 0 Å². The summed E-state index contributed by atoms with van der Waals surface area (Å²) in [6.07, 6.45) is 4.62. The lowest BCUT2D eigenvalue weighted by atomic mass is 9.70. The van der Waals surface area contributed by atoms with Crippen molar-refractivity contribution in [2.24, 2.45) is 5.73 Å². The molecule has 0 aliphatic heterocycles. The first kappa shape index (κ1) is 25.2. The van der Waals surface area contributed by atoms with Crippen molar-refractivity contribution in [3.05, 3.63) is 59.7 Å². The number of phenols is 2. The van der Waals surface area contributed by atoms with Crippen molar-refractivity contribution in [1.29, 1.82) is 0 Å². The van der Waals surface area contributed by atoms with Gasteiger partial charge in [-0.15, -0.1) is 0 Å². The Morgan fingerprint density at radius 3 is 1.88 bits per heavy atom. The van der Waals surface area contributed by atoms with Crippen LogP contribution < -0.4 is 11.1 Å². The summed E-state index contributed by atoms with van der Waals surface area (Å²) in [4.78, 5) is 25.7. The van der Waals surface area contributed by atoms with Gasteiger partial charge in [-0.05, 0) is 67.6 Å². The first-order valence-corrected chi connectivity index (χ1v) is 11.2. The summed E-state index contributed by atoms with van der Waals surface area (Å²) in [6.45, 7) is 2.53. The predicted molar refractivity (Wildman–Crippen MR) is 124 cm³/mol. The van der Waals surface area contributed by atoms with E-state index in [0.29, 0.717) is 36.9 Å². The van der Waals surface area contributed by atoms with Crippen LogP contribution in [0.2, 0.25) is 0 Å². The van der Waals surface area contributed by atoms with Gasteiger partial charge < -0.3 is 26.4 Å². The van der Waals surface area contributed by atoms with Gasteiger partial charge in [-0.1, -0.05) is 50.5 Å². The minimum absolute atomic E-state index is 0.0764. The summed E-state index contributed by atoms with van der Waals surface area (Å²) in [6, 6.07) is 11.8. The van der Waals surface area contributed by atoms with Crippen molar-refractivity contribution in [2.75, 3.05) is 6.54 Å². The quantitative estimate of drug-likeness (QED) is 0.301. The smallest absolute Gasteiger partial charge is 0.326 e. The Morgan fingerprint density at radius 1 is 0.906 bits per heavy atom. The zero-order valence-corrected chi connectivity index (χ0v) is 18.6. The second-order valence-corrected chi connectivity index (χ2v) is 8.10. The number of hydrogen-bond acceptors (Lipinski definition) is 5. The molecule has 0 radical (unpaired) electrons. The Hall–Kier alpha value is -3.06. The molecule has 2 aromatic rings. The molecule has 0 spiro atoms. The van der Waals surface area contributed by atoms with Gasteiger partial charge in [0.05, 0.1) is 5.41 Å². The summed E-state index contributed by atoms with van der Waals surface area (Å²) in [5.74, 6) is -1.35. The predicted octanol–water partition coefficient (Wildman–Crippen LogP) is 3.66. The molecule has 2 rings (SSSR count). The molecule has 1 amide bonds. The fraction of sp³-hybridized carbons (Fsp3) is 0.440. The van der Waals surface area contributed by atoms with Crippen molar-refractivity contribution in [1.82, 2.24) is 5.32 Å². The summed E-state index contributed by atoms with van der Waals surface area (Å²) >= 11 is 0. The third-order valence-corrected chi connectivity index (χ3v) is 5.81. The minimum Gasteiger partial charge on any atom is -0.508 e. The van der Waals surface area contributed by atoms with Crippen molar-refractivity contribution in [2.45, 2.75) is 63.3 Å². The lowest BCUT2D eigenvalue weighted by molar-refractivity contribution is -0.142. The number of nitrogens with one attached hydrogen (secondary N) is 1. The molecule has 0 heterocycles. The molecule has 2 aromatic carbocycles. The molecule has 0 saturated carbocycles. The zero-order valence-electron chi connectivity index (χ0n) is 18.6. The van der Waals surface area contributed by atoms with E-state index in [1.54, 1.807) is 24.3 Å². The van der Waals surface area contributed by atoms with Crippen LogP contribution in [0.4, 0.5) is 0 Å². The molecule has 0 aromatic heterocycles. The zero-order chi connectivity index (χ0) is 23.6. The minimum atomic E-state index is -1.17. The van der Waals surface area contributed by atoms with E-state index in [4.69, 9.17) is 5.73 Å². The van der Waals surface area contributed by atoms with E-state index in [9.17, 15) is 24.9 Å². The van der Waals surface area contributed by atoms with E-state index in [2.05, 4.69) is 12.2 Å². The first-order chi connectivity index (χ1) is 15.3. The molecule has 7 heteroatoms. The third kappa shape index (κ3) is 6.23. The van der Waals surface area contributed by atoms with Gasteiger partial charge in [0.2, 0.25) is 5.91 Å². The summed E-state index contributed by atoms with van der Waals surface area (Å²) in [5.41, 5.74) is 5.67. The number of phenolic OH excluding ortho intramolecular Hbond substituents is 2. The Morgan fingerprint density at radius 2 is 1.44 bits per heavy atom. The molecule has 0 aliphatic rings. The number of aliphatic carboxylic acids is 1. The SMILES string of the molecule is CCCCCC(C(=O)N[C@@H](CCCCN)C(=O)O)(c1ccc(O)cc1)c1ccc(O)cc1. The van der Waals surface area contributed by atoms with E-state index in [0.717, 1.165) is 19.3 Å². The summed E-state index contributed by atoms with van der Waals surface area (Å²) in [5, 5.41) is 32.1. The topological polar surface area (TPSA) is 133 Å². The van der Waals surface area contributed by atoms with Gasteiger partial charge in [-0.25, -0.2) is 4.79 Å². The van der Waals surface area contributed by atoms with Crippen molar-refractivity contribution in [3.8, 4) is 11.5 Å². The molecule has 0 bridgehead atoms. The van der Waals surface area contributed by atoms with Crippen LogP contribution in [-0.2, 0) is 15.0 Å². The van der Waals surface area contributed by atoms with Crippen LogP contribution >= 0.6 is 0 Å². The van der Waals surface area contributed by atoms with Crippen molar-refractivity contribution < 1.29 is 24.9 Å². The van der Waals surface area contributed by atoms with Crippen molar-refractivity contribution >= 4 is 11.9 Å². The molecule has 7 nitrogen and oxygen atoms in total. The Balaban J connectivity index is 2.54. The first-order valence-electron chi connectivity index (χ1n) is 11.2. The van der Waals surface area contributed by atoms with Crippen LogP contribution in [0.3, 0.4) is 0 Å². The molecule has 0 fully saturated rings. The number of aromatic hydroxyl groups is 2. The van der Waals surface area contributed by atoms with E-state index >= 15 is 0 Å². The highest BCUT2D eigenvalue weighted by atomic mass is 16.4. The normalized spacial score (nSPS) is 12.3. The maximum Gasteiger partial charge on any atom is 0.326 e. The van der Waals surface area contributed by atoms with Crippen LogP contribution in [0.1, 0.15) is 63.0 Å². The highest BCUT2D eigenvalue weighted by Crippen LogP contribution is 2.39. The highest BCUT2D eigenvalue weighted by molar-refractivity contribution is 5.94. The lowest BCUT2D eigenvalue weighted by Crippen LogP contribution is -2.51. The summed E-state index contributed by atoms with van der Waals surface area (Å²) in [7, 11) is 0. The molecule has 0 unspecified atom stereocenters. The van der Waals surface area contributed by atoms with Gasteiger partial charge in [-0.3, -0.25) is 4.79 Å². The maximum absolute atomic E-state index is 13.9. The van der Waals surface area contributed by atoms with E-state index in [1.165, 1.54) is 24.3 Å². The third-order valence-electron chi connectivity index (χ3n) is 5.81. The fourth-order valence-corrected chi connectivity index (χ4v) is 3.99. The van der Waals surface area contributed by atoms with Crippen LogP contribution in [-0.4, -0.2) is 39.8 Å². The number of nitrogens with two attached hydrogens (primary N) is 1. The average molecular weight is 443 g/mol. The Bertz CT molecular complexity index is 819. The van der Waals surface area contributed by atoms with Gasteiger partial charge in [-0.2, -0.15) is 0 Å². The van der Waals surface area contributed by atoms with E-state index in [1.807, 2.05) is 0 Å². The van der Waals surface area contributed by atoms with Gasteiger partial charge in [0.1, 0.15) is 17.5 Å². The molecule has 6 N–H and O–H groups in total. The molecule has 0 saturated heterocycles. The van der Waals surface area contributed by atoms with Crippen LogP contribution in [0.5, 0.6) is 11.5 Å². The number of unbranched alkanes of at least 4 members (excludes halogenated alkanes) is 3. The average Bonchev–Trinajstić information content (AvgIpc) is 2.77. The number of amides is 1. The molecule has 1 atom stereocenters. The van der Waals surface area contributed by atoms with Gasteiger partial charge in [0.15, 0.2) is 0 Å². The number of carboxylic acids is 1. The highest BCUT2D eigenvalue weighted by Gasteiger charge is 2.43. The second kappa shape index (κ2) is 12.1.